The molecule has 3 heteroatoms. The molecule has 0 bridgehead atoms. The normalized spacial score (nSPS) is 15.8. The summed E-state index contributed by atoms with van der Waals surface area (Å²) >= 11 is 0. The fourth-order valence-electron chi connectivity index (χ4n) is 2.65. The average Bonchev–Trinajstić information content (AvgIpc) is 2.82. The predicted octanol–water partition coefficient (Wildman–Crippen LogP) is 3.80. The first-order chi connectivity index (χ1) is 9.36. The van der Waals surface area contributed by atoms with Crippen molar-refractivity contribution in [3.05, 3.63) is 36.1 Å². The zero-order chi connectivity index (χ0) is 14.9. The van der Waals surface area contributed by atoms with Crippen LogP contribution >= 0.6 is 0 Å². The van der Waals surface area contributed by atoms with Crippen LogP contribution in [0.1, 0.15) is 39.3 Å². The molecule has 0 aliphatic carbocycles. The second-order valence-corrected chi connectivity index (χ2v) is 6.65. The highest BCUT2D eigenvalue weighted by molar-refractivity contribution is 5.81. The van der Waals surface area contributed by atoms with Crippen LogP contribution in [0.5, 0.6) is 0 Å². The molecule has 0 fully saturated rings. The van der Waals surface area contributed by atoms with Crippen LogP contribution in [0.15, 0.2) is 34.9 Å². The van der Waals surface area contributed by atoms with Gasteiger partial charge in [-0.2, -0.15) is 0 Å². The number of hydrogen-bond acceptors (Lipinski definition) is 3. The fourth-order valence-corrected chi connectivity index (χ4v) is 2.65. The van der Waals surface area contributed by atoms with Gasteiger partial charge < -0.3 is 10.2 Å². The van der Waals surface area contributed by atoms with Crippen molar-refractivity contribution in [3.8, 4) is 0 Å². The molecule has 0 radical (unpaired) electrons. The van der Waals surface area contributed by atoms with Gasteiger partial charge in [-0.25, -0.2) is 0 Å². The van der Waals surface area contributed by atoms with Gasteiger partial charge in [-0.05, 0) is 25.5 Å². The third kappa shape index (κ3) is 2.74. The second kappa shape index (κ2) is 5.58. The fraction of sp³-hybridized carbons (Fsp3) is 0.529. The molecule has 0 aliphatic heterocycles. The average molecular weight is 274 g/mol. The summed E-state index contributed by atoms with van der Waals surface area (Å²) in [6, 6.07) is 8.74. The summed E-state index contributed by atoms with van der Waals surface area (Å²) in [5.41, 5.74) is 8.37. The van der Waals surface area contributed by atoms with Crippen molar-refractivity contribution < 1.29 is 4.42 Å². The molecule has 1 aromatic heterocycles. The lowest BCUT2D eigenvalue weighted by Gasteiger charge is -2.39. The van der Waals surface area contributed by atoms with Crippen LogP contribution in [0.4, 0.5) is 0 Å². The number of para-hydroxylation sites is 1. The molecule has 3 nitrogen and oxygen atoms in total. The minimum atomic E-state index is 0.174. The molecule has 0 aliphatic rings. The molecule has 0 spiro atoms. The second-order valence-electron chi connectivity index (χ2n) is 6.65. The van der Waals surface area contributed by atoms with E-state index in [0.29, 0.717) is 12.6 Å². The summed E-state index contributed by atoms with van der Waals surface area (Å²) in [6.45, 7) is 9.62. The minimum Gasteiger partial charge on any atom is -0.464 e. The number of furan rings is 1. The standard InChI is InChI=1S/C17H26N2O/c1-12(17(2,3)4)19(5)15(10-18)14-11-20-16-9-7-6-8-13(14)16/h6-9,11-12,15H,10,18H2,1-5H3. The van der Waals surface area contributed by atoms with Crippen molar-refractivity contribution in [1.82, 2.24) is 4.90 Å². The van der Waals surface area contributed by atoms with Crippen LogP contribution in [-0.2, 0) is 0 Å². The van der Waals surface area contributed by atoms with Gasteiger partial charge in [-0.1, -0.05) is 39.0 Å². The van der Waals surface area contributed by atoms with Gasteiger partial charge in [0.05, 0.1) is 12.3 Å². The highest BCUT2D eigenvalue weighted by atomic mass is 16.3. The molecule has 2 rings (SSSR count). The van der Waals surface area contributed by atoms with E-state index in [1.54, 1.807) is 0 Å². The van der Waals surface area contributed by atoms with E-state index < -0.39 is 0 Å². The third-order valence-electron chi connectivity index (χ3n) is 4.45. The van der Waals surface area contributed by atoms with Gasteiger partial charge in [0.1, 0.15) is 5.58 Å². The van der Waals surface area contributed by atoms with Crippen molar-refractivity contribution in [2.75, 3.05) is 13.6 Å². The van der Waals surface area contributed by atoms with E-state index in [1.165, 1.54) is 5.56 Å². The Morgan fingerprint density at radius 1 is 1.25 bits per heavy atom. The summed E-state index contributed by atoms with van der Waals surface area (Å²) in [4.78, 5) is 2.36. The van der Waals surface area contributed by atoms with E-state index in [2.05, 4.69) is 45.7 Å². The van der Waals surface area contributed by atoms with Crippen LogP contribution in [0.3, 0.4) is 0 Å². The lowest BCUT2D eigenvalue weighted by atomic mass is 9.86. The molecule has 2 aromatic rings. The Morgan fingerprint density at radius 3 is 2.50 bits per heavy atom. The van der Waals surface area contributed by atoms with Gasteiger partial charge in [-0.3, -0.25) is 4.90 Å². The lowest BCUT2D eigenvalue weighted by molar-refractivity contribution is 0.100. The van der Waals surface area contributed by atoms with E-state index in [9.17, 15) is 0 Å². The Morgan fingerprint density at radius 2 is 1.90 bits per heavy atom. The Bertz CT molecular complexity index is 568. The molecule has 0 amide bonds. The molecule has 2 N–H and O–H groups in total. The van der Waals surface area contributed by atoms with E-state index >= 15 is 0 Å². The van der Waals surface area contributed by atoms with Crippen LogP contribution in [0.25, 0.3) is 11.0 Å². The monoisotopic (exact) mass is 274 g/mol. The van der Waals surface area contributed by atoms with E-state index in [-0.39, 0.29) is 11.5 Å². The molecule has 2 atom stereocenters. The largest absolute Gasteiger partial charge is 0.464 e. The Labute approximate surface area is 121 Å². The van der Waals surface area contributed by atoms with Crippen molar-refractivity contribution in [1.29, 1.82) is 0 Å². The Kier molecular flexibility index (Phi) is 4.21. The topological polar surface area (TPSA) is 42.4 Å². The highest BCUT2D eigenvalue weighted by Gasteiger charge is 2.30. The number of rotatable bonds is 4. The third-order valence-corrected chi connectivity index (χ3v) is 4.45. The maximum Gasteiger partial charge on any atom is 0.134 e. The summed E-state index contributed by atoms with van der Waals surface area (Å²) in [5, 5.41) is 1.16. The summed E-state index contributed by atoms with van der Waals surface area (Å²) in [6.07, 6.45) is 1.86. The van der Waals surface area contributed by atoms with E-state index in [0.717, 1.165) is 11.0 Å². The summed E-state index contributed by atoms with van der Waals surface area (Å²) in [5.74, 6) is 0. The predicted molar refractivity (Wildman–Crippen MR) is 84.7 cm³/mol. The summed E-state index contributed by atoms with van der Waals surface area (Å²) < 4.78 is 5.67. The number of benzene rings is 1. The lowest BCUT2D eigenvalue weighted by Crippen LogP contribution is -2.43. The van der Waals surface area contributed by atoms with Gasteiger partial charge in [0.25, 0.3) is 0 Å². The number of nitrogens with two attached hydrogens (primary N) is 1. The molecule has 1 heterocycles. The molecular formula is C17H26N2O. The first-order valence-electron chi connectivity index (χ1n) is 7.24. The quantitative estimate of drug-likeness (QED) is 0.922. The first kappa shape index (κ1) is 15.1. The number of likely N-dealkylation sites (N-methyl/N-ethyl adjacent to an activating group) is 1. The van der Waals surface area contributed by atoms with Gasteiger partial charge in [0.2, 0.25) is 0 Å². The van der Waals surface area contributed by atoms with E-state index in [1.807, 2.05) is 24.5 Å². The molecule has 0 saturated heterocycles. The van der Waals surface area contributed by atoms with Gasteiger partial charge in [-0.15, -0.1) is 0 Å². The number of hydrogen-bond donors (Lipinski definition) is 1. The van der Waals surface area contributed by atoms with Crippen LogP contribution in [0, 0.1) is 5.41 Å². The van der Waals surface area contributed by atoms with E-state index in [4.69, 9.17) is 10.2 Å². The highest BCUT2D eigenvalue weighted by Crippen LogP contribution is 2.33. The summed E-state index contributed by atoms with van der Waals surface area (Å²) in [7, 11) is 2.15. The minimum absolute atomic E-state index is 0.174. The number of fused-ring (bicyclic) bond motifs is 1. The smallest absolute Gasteiger partial charge is 0.134 e. The molecule has 1 aromatic carbocycles. The van der Waals surface area contributed by atoms with Gasteiger partial charge in [0.15, 0.2) is 0 Å². The van der Waals surface area contributed by atoms with Crippen LogP contribution in [0.2, 0.25) is 0 Å². The Hall–Kier alpha value is -1.32. The van der Waals surface area contributed by atoms with Crippen molar-refractivity contribution in [2.45, 2.75) is 39.8 Å². The van der Waals surface area contributed by atoms with Crippen LogP contribution in [-0.4, -0.2) is 24.5 Å². The molecule has 110 valence electrons. The molecular weight excluding hydrogens is 248 g/mol. The maximum absolute atomic E-state index is 6.05. The van der Waals surface area contributed by atoms with Crippen molar-refractivity contribution in [3.63, 3.8) is 0 Å². The maximum atomic E-state index is 6.05. The molecule has 20 heavy (non-hydrogen) atoms. The molecule has 2 unspecified atom stereocenters. The van der Waals surface area contributed by atoms with Gasteiger partial charge in [0, 0.05) is 23.5 Å². The Balaban J connectivity index is 2.37. The SMILES string of the molecule is CC(N(C)C(CN)c1coc2ccccc12)C(C)(C)C. The van der Waals surface area contributed by atoms with Crippen molar-refractivity contribution in [2.24, 2.45) is 11.1 Å². The first-order valence-corrected chi connectivity index (χ1v) is 7.24. The van der Waals surface area contributed by atoms with Gasteiger partial charge >= 0.3 is 0 Å². The zero-order valence-electron chi connectivity index (χ0n) is 13.2. The number of nitrogens with zero attached hydrogens (tertiary/aromatic N) is 1. The molecule has 0 saturated carbocycles. The zero-order valence-corrected chi connectivity index (χ0v) is 13.2. The van der Waals surface area contributed by atoms with Crippen LogP contribution < -0.4 is 5.73 Å². The van der Waals surface area contributed by atoms with Crippen molar-refractivity contribution >= 4 is 11.0 Å².